The zero-order chi connectivity index (χ0) is 15.2. The van der Waals surface area contributed by atoms with Crippen molar-refractivity contribution in [1.29, 1.82) is 0 Å². The molecule has 8 heteroatoms. The Morgan fingerprint density at radius 1 is 1.18 bits per heavy atom. The maximum atomic E-state index is 5.41. The van der Waals surface area contributed by atoms with Crippen molar-refractivity contribution in [2.45, 2.75) is 6.92 Å². The molecule has 0 atom stereocenters. The second-order valence-electron chi connectivity index (χ2n) is 4.75. The van der Waals surface area contributed by atoms with Gasteiger partial charge in [-0.1, -0.05) is 0 Å². The minimum atomic E-state index is 0. The maximum Gasteiger partial charge on any atom is 0.191 e. The molecular formula is C14H31IN4O3. The Morgan fingerprint density at radius 2 is 1.95 bits per heavy atom. The summed E-state index contributed by atoms with van der Waals surface area (Å²) in [5.74, 6) is 0.848. The van der Waals surface area contributed by atoms with E-state index in [0.717, 1.165) is 58.4 Å². The molecule has 0 unspecified atom stereocenters. The smallest absolute Gasteiger partial charge is 0.191 e. The van der Waals surface area contributed by atoms with Crippen molar-refractivity contribution >= 4 is 29.9 Å². The molecular weight excluding hydrogens is 399 g/mol. The molecule has 0 amide bonds. The topological polar surface area (TPSA) is 67.4 Å². The Labute approximate surface area is 151 Å². The molecule has 0 bridgehead atoms. The van der Waals surface area contributed by atoms with E-state index in [2.05, 4.69) is 27.4 Å². The minimum absolute atomic E-state index is 0. The van der Waals surface area contributed by atoms with E-state index in [9.17, 15) is 0 Å². The van der Waals surface area contributed by atoms with Gasteiger partial charge in [0.2, 0.25) is 0 Å². The van der Waals surface area contributed by atoms with E-state index < -0.39 is 0 Å². The summed E-state index contributed by atoms with van der Waals surface area (Å²) in [7, 11) is 1.67. The van der Waals surface area contributed by atoms with Crippen LogP contribution in [0.5, 0.6) is 0 Å². The van der Waals surface area contributed by atoms with Gasteiger partial charge in [0.05, 0.1) is 39.6 Å². The molecule has 1 heterocycles. The molecule has 132 valence electrons. The van der Waals surface area contributed by atoms with Crippen LogP contribution in [0.3, 0.4) is 0 Å². The van der Waals surface area contributed by atoms with Gasteiger partial charge in [-0.05, 0) is 6.92 Å². The highest BCUT2D eigenvalue weighted by Crippen LogP contribution is 1.95. The maximum absolute atomic E-state index is 5.41. The molecule has 1 aliphatic rings. The van der Waals surface area contributed by atoms with Crippen LogP contribution in [-0.2, 0) is 14.2 Å². The first-order valence-corrected chi connectivity index (χ1v) is 7.75. The summed E-state index contributed by atoms with van der Waals surface area (Å²) in [4.78, 5) is 6.95. The number of hydrogen-bond acceptors (Lipinski definition) is 5. The number of methoxy groups -OCH3 is 1. The highest BCUT2D eigenvalue weighted by molar-refractivity contribution is 14.0. The number of hydrogen-bond donors (Lipinski definition) is 2. The zero-order valence-electron chi connectivity index (χ0n) is 13.8. The first-order valence-electron chi connectivity index (χ1n) is 7.75. The van der Waals surface area contributed by atoms with Crippen molar-refractivity contribution in [1.82, 2.24) is 15.5 Å². The van der Waals surface area contributed by atoms with Crippen LogP contribution in [0.15, 0.2) is 4.99 Å². The van der Waals surface area contributed by atoms with Crippen LogP contribution in [-0.4, -0.2) is 90.3 Å². The van der Waals surface area contributed by atoms with Gasteiger partial charge in [0.25, 0.3) is 0 Å². The van der Waals surface area contributed by atoms with Crippen molar-refractivity contribution in [3.63, 3.8) is 0 Å². The van der Waals surface area contributed by atoms with Crippen LogP contribution in [0.25, 0.3) is 0 Å². The van der Waals surface area contributed by atoms with E-state index in [1.54, 1.807) is 7.11 Å². The molecule has 1 aliphatic heterocycles. The van der Waals surface area contributed by atoms with Crippen molar-refractivity contribution in [2.24, 2.45) is 4.99 Å². The van der Waals surface area contributed by atoms with Crippen LogP contribution >= 0.6 is 24.0 Å². The molecule has 0 aliphatic carbocycles. The number of nitrogens with zero attached hydrogens (tertiary/aromatic N) is 2. The largest absolute Gasteiger partial charge is 0.382 e. The van der Waals surface area contributed by atoms with Crippen LogP contribution in [0, 0.1) is 0 Å². The number of aliphatic imine (C=N–C) groups is 1. The van der Waals surface area contributed by atoms with Crippen molar-refractivity contribution in [3.8, 4) is 0 Å². The van der Waals surface area contributed by atoms with Crippen LogP contribution in [0.1, 0.15) is 6.92 Å². The van der Waals surface area contributed by atoms with Crippen molar-refractivity contribution in [2.75, 3.05) is 79.4 Å². The summed E-state index contributed by atoms with van der Waals surface area (Å²) in [5.41, 5.74) is 0. The predicted octanol–water partition coefficient (Wildman–Crippen LogP) is 0.155. The third-order valence-electron chi connectivity index (χ3n) is 3.10. The molecule has 2 N–H and O–H groups in total. The highest BCUT2D eigenvalue weighted by atomic mass is 127. The van der Waals surface area contributed by atoms with Gasteiger partial charge < -0.3 is 24.8 Å². The normalized spacial score (nSPS) is 16.2. The lowest BCUT2D eigenvalue weighted by Gasteiger charge is -2.25. The first-order chi connectivity index (χ1) is 10.4. The quantitative estimate of drug-likeness (QED) is 0.223. The molecule has 0 aromatic heterocycles. The molecule has 0 radical (unpaired) electrons. The second-order valence-corrected chi connectivity index (χ2v) is 4.75. The number of halogens is 1. The lowest BCUT2D eigenvalue weighted by atomic mass is 10.4. The molecule has 0 spiro atoms. The van der Waals surface area contributed by atoms with Crippen LogP contribution in [0.2, 0.25) is 0 Å². The number of rotatable bonds is 10. The Kier molecular flexibility index (Phi) is 15.6. The molecule has 0 saturated carbocycles. The summed E-state index contributed by atoms with van der Waals surface area (Å²) in [6.45, 7) is 11.0. The lowest BCUT2D eigenvalue weighted by Crippen LogP contribution is -2.41. The third kappa shape index (κ3) is 11.4. The van der Waals surface area contributed by atoms with E-state index in [1.165, 1.54) is 0 Å². The zero-order valence-corrected chi connectivity index (χ0v) is 16.1. The van der Waals surface area contributed by atoms with Crippen LogP contribution in [0.4, 0.5) is 0 Å². The van der Waals surface area contributed by atoms with Crippen molar-refractivity contribution < 1.29 is 14.2 Å². The van der Waals surface area contributed by atoms with Gasteiger partial charge in [-0.2, -0.15) is 0 Å². The van der Waals surface area contributed by atoms with E-state index in [1.807, 2.05) is 0 Å². The minimum Gasteiger partial charge on any atom is -0.382 e. The Bertz CT molecular complexity index is 277. The van der Waals surface area contributed by atoms with E-state index in [4.69, 9.17) is 14.2 Å². The SMILES string of the molecule is CCNC(=NCCN1CCOCC1)NCCOCCOC.I. The average Bonchev–Trinajstić information content (AvgIpc) is 2.51. The van der Waals surface area contributed by atoms with Crippen LogP contribution < -0.4 is 10.6 Å². The number of guanidine groups is 1. The molecule has 0 aromatic carbocycles. The van der Waals surface area contributed by atoms with Gasteiger partial charge >= 0.3 is 0 Å². The standard InChI is InChI=1S/C14H30N4O3.HI/c1-3-15-14(17-5-9-20-13-12-19-2)16-4-6-18-7-10-21-11-8-18;/h3-13H2,1-2H3,(H2,15,16,17);1H. The van der Waals surface area contributed by atoms with Crippen molar-refractivity contribution in [3.05, 3.63) is 0 Å². The molecule has 1 saturated heterocycles. The lowest BCUT2D eigenvalue weighted by molar-refractivity contribution is 0.0394. The van der Waals surface area contributed by atoms with Gasteiger partial charge in [0, 0.05) is 39.8 Å². The van der Waals surface area contributed by atoms with Gasteiger partial charge in [-0.3, -0.25) is 9.89 Å². The van der Waals surface area contributed by atoms with Gasteiger partial charge in [-0.25, -0.2) is 0 Å². The molecule has 22 heavy (non-hydrogen) atoms. The van der Waals surface area contributed by atoms with Gasteiger partial charge in [0.15, 0.2) is 5.96 Å². The summed E-state index contributed by atoms with van der Waals surface area (Å²) >= 11 is 0. The van der Waals surface area contributed by atoms with E-state index in [-0.39, 0.29) is 24.0 Å². The highest BCUT2D eigenvalue weighted by Gasteiger charge is 2.09. The molecule has 1 fully saturated rings. The summed E-state index contributed by atoms with van der Waals surface area (Å²) < 4.78 is 15.7. The summed E-state index contributed by atoms with van der Waals surface area (Å²) in [5, 5.41) is 6.50. The molecule has 1 rings (SSSR count). The van der Waals surface area contributed by atoms with E-state index in [0.29, 0.717) is 19.8 Å². The first kappa shape index (κ1) is 21.8. The Hall–Kier alpha value is -0.160. The predicted molar refractivity (Wildman–Crippen MR) is 99.4 cm³/mol. The fourth-order valence-electron chi connectivity index (χ4n) is 1.96. The Morgan fingerprint density at radius 3 is 2.64 bits per heavy atom. The Balaban J connectivity index is 0.00000441. The fraction of sp³-hybridized carbons (Fsp3) is 0.929. The second kappa shape index (κ2) is 15.7. The van der Waals surface area contributed by atoms with Gasteiger partial charge in [-0.15, -0.1) is 24.0 Å². The van der Waals surface area contributed by atoms with E-state index >= 15 is 0 Å². The number of ether oxygens (including phenoxy) is 3. The molecule has 0 aromatic rings. The molecule has 7 nitrogen and oxygen atoms in total. The number of morpholine rings is 1. The summed E-state index contributed by atoms with van der Waals surface area (Å²) in [6, 6.07) is 0. The monoisotopic (exact) mass is 430 g/mol. The average molecular weight is 430 g/mol. The summed E-state index contributed by atoms with van der Waals surface area (Å²) in [6.07, 6.45) is 0. The fourth-order valence-corrected chi connectivity index (χ4v) is 1.96. The third-order valence-corrected chi connectivity index (χ3v) is 3.10. The van der Waals surface area contributed by atoms with Gasteiger partial charge in [0.1, 0.15) is 0 Å². The number of nitrogens with one attached hydrogen (secondary N) is 2.